The van der Waals surface area contributed by atoms with E-state index in [2.05, 4.69) is 20.0 Å². The molecular weight excluding hydrogens is 325 g/mol. The van der Waals surface area contributed by atoms with Gasteiger partial charge in [0.2, 0.25) is 0 Å². The molecule has 0 aliphatic heterocycles. The molecule has 0 aliphatic rings. The highest BCUT2D eigenvalue weighted by atomic mass is 19.4. The van der Waals surface area contributed by atoms with Crippen molar-refractivity contribution < 1.29 is 23.0 Å². The molecule has 6 nitrogen and oxygen atoms in total. The molecule has 9 heteroatoms. The second-order valence-electron chi connectivity index (χ2n) is 4.69. The van der Waals surface area contributed by atoms with Crippen LogP contribution in [0.1, 0.15) is 11.7 Å². The fourth-order valence-corrected chi connectivity index (χ4v) is 1.84. The summed E-state index contributed by atoms with van der Waals surface area (Å²) in [6.07, 6.45) is -2.68. The molecule has 1 heterocycles. The molecule has 0 bridgehead atoms. The first kappa shape index (κ1) is 17.5. The van der Waals surface area contributed by atoms with E-state index in [1.165, 1.54) is 30.6 Å². The minimum absolute atomic E-state index is 0.00877. The van der Waals surface area contributed by atoms with E-state index in [9.17, 15) is 18.3 Å². The number of benzene rings is 1. The highest BCUT2D eigenvalue weighted by molar-refractivity contribution is 5.93. The SMILES string of the molecule is NC(=NCC(O)c1ccncc1)Nc1ccccc1OC(F)(F)F. The minimum atomic E-state index is -4.82. The van der Waals surface area contributed by atoms with Crippen LogP contribution in [-0.2, 0) is 0 Å². The Morgan fingerprint density at radius 2 is 1.92 bits per heavy atom. The standard InChI is InChI=1S/C15H15F3N4O2/c16-15(17,18)24-13-4-2-1-3-11(13)22-14(19)21-9-12(23)10-5-7-20-8-6-10/h1-8,12,23H,9H2,(H3,19,21,22). The van der Waals surface area contributed by atoms with Gasteiger partial charge in [-0.05, 0) is 29.8 Å². The molecule has 128 valence electrons. The molecule has 0 amide bonds. The Hall–Kier alpha value is -2.81. The van der Waals surface area contributed by atoms with Crippen molar-refractivity contribution in [3.63, 3.8) is 0 Å². The number of halogens is 3. The van der Waals surface area contributed by atoms with Gasteiger partial charge in [0.05, 0.1) is 18.3 Å². The number of rotatable bonds is 5. The quantitative estimate of drug-likeness (QED) is 0.574. The number of nitrogens with one attached hydrogen (secondary N) is 1. The highest BCUT2D eigenvalue weighted by Gasteiger charge is 2.32. The average molecular weight is 340 g/mol. The van der Waals surface area contributed by atoms with Gasteiger partial charge in [-0.2, -0.15) is 0 Å². The Bertz CT molecular complexity index is 693. The number of aromatic nitrogens is 1. The summed E-state index contributed by atoms with van der Waals surface area (Å²) >= 11 is 0. The third-order valence-electron chi connectivity index (χ3n) is 2.90. The van der Waals surface area contributed by atoms with E-state index in [1.807, 2.05) is 0 Å². The molecule has 0 saturated heterocycles. The van der Waals surface area contributed by atoms with Gasteiger partial charge in [-0.1, -0.05) is 12.1 Å². The lowest BCUT2D eigenvalue weighted by Gasteiger charge is -2.14. The number of hydrogen-bond acceptors (Lipinski definition) is 4. The van der Waals surface area contributed by atoms with Crippen molar-refractivity contribution >= 4 is 11.6 Å². The second kappa shape index (κ2) is 7.64. The van der Waals surface area contributed by atoms with Crippen LogP contribution in [0.2, 0.25) is 0 Å². The number of hydrogen-bond donors (Lipinski definition) is 3. The molecule has 0 aliphatic carbocycles. The number of anilines is 1. The molecular formula is C15H15F3N4O2. The van der Waals surface area contributed by atoms with Crippen LogP contribution < -0.4 is 15.8 Å². The van der Waals surface area contributed by atoms with Crippen LogP contribution in [0.4, 0.5) is 18.9 Å². The van der Waals surface area contributed by atoms with Crippen molar-refractivity contribution in [3.05, 3.63) is 54.4 Å². The van der Waals surface area contributed by atoms with Crippen LogP contribution in [-0.4, -0.2) is 29.0 Å². The Morgan fingerprint density at radius 3 is 2.58 bits per heavy atom. The van der Waals surface area contributed by atoms with Crippen LogP contribution >= 0.6 is 0 Å². The van der Waals surface area contributed by atoms with Gasteiger partial charge in [0, 0.05) is 12.4 Å². The normalized spacial score (nSPS) is 13.4. The number of alkyl halides is 3. The van der Waals surface area contributed by atoms with Crippen molar-refractivity contribution in [2.75, 3.05) is 11.9 Å². The predicted molar refractivity (Wildman–Crippen MR) is 82.4 cm³/mol. The van der Waals surface area contributed by atoms with Crippen molar-refractivity contribution in [1.82, 2.24) is 4.98 Å². The van der Waals surface area contributed by atoms with Gasteiger partial charge in [-0.25, -0.2) is 0 Å². The molecule has 1 unspecified atom stereocenters. The number of aliphatic hydroxyl groups is 1. The maximum absolute atomic E-state index is 12.4. The van der Waals surface area contributed by atoms with Gasteiger partial charge in [0.15, 0.2) is 11.7 Å². The topological polar surface area (TPSA) is 92.8 Å². The molecule has 2 aromatic rings. The predicted octanol–water partition coefficient (Wildman–Crippen LogP) is 2.44. The van der Waals surface area contributed by atoms with Crippen LogP contribution in [0.25, 0.3) is 0 Å². The maximum atomic E-state index is 12.4. The summed E-state index contributed by atoms with van der Waals surface area (Å²) in [6.45, 7) is -0.0643. The number of para-hydroxylation sites is 2. The third kappa shape index (κ3) is 5.43. The summed E-state index contributed by atoms with van der Waals surface area (Å²) in [5, 5.41) is 12.5. The first-order valence-electron chi connectivity index (χ1n) is 6.85. The lowest BCUT2D eigenvalue weighted by atomic mass is 10.1. The molecule has 0 saturated carbocycles. The molecule has 4 N–H and O–H groups in total. The first-order valence-corrected chi connectivity index (χ1v) is 6.85. The summed E-state index contributed by atoms with van der Waals surface area (Å²) in [6, 6.07) is 8.67. The Balaban J connectivity index is 2.03. The zero-order valence-electron chi connectivity index (χ0n) is 12.4. The third-order valence-corrected chi connectivity index (χ3v) is 2.90. The lowest BCUT2D eigenvalue weighted by molar-refractivity contribution is -0.274. The van der Waals surface area contributed by atoms with Crippen LogP contribution in [0, 0.1) is 0 Å². The van der Waals surface area contributed by atoms with Gasteiger partial charge < -0.3 is 20.9 Å². The molecule has 1 aromatic heterocycles. The van der Waals surface area contributed by atoms with Gasteiger partial charge >= 0.3 is 6.36 Å². The number of aliphatic hydroxyl groups excluding tert-OH is 1. The second-order valence-corrected chi connectivity index (χ2v) is 4.69. The monoisotopic (exact) mass is 340 g/mol. The van der Waals surface area contributed by atoms with Gasteiger partial charge in [0.25, 0.3) is 0 Å². The van der Waals surface area contributed by atoms with Crippen molar-refractivity contribution in [2.45, 2.75) is 12.5 Å². The number of aliphatic imine (C=N–C) groups is 1. The van der Waals surface area contributed by atoms with E-state index in [4.69, 9.17) is 5.73 Å². The van der Waals surface area contributed by atoms with E-state index in [0.717, 1.165) is 6.07 Å². The smallest absolute Gasteiger partial charge is 0.404 e. The first-order chi connectivity index (χ1) is 11.3. The fourth-order valence-electron chi connectivity index (χ4n) is 1.84. The zero-order valence-corrected chi connectivity index (χ0v) is 12.4. The Morgan fingerprint density at radius 1 is 1.25 bits per heavy atom. The Labute approximate surface area is 135 Å². The summed E-state index contributed by atoms with van der Waals surface area (Å²) in [4.78, 5) is 7.74. The van der Waals surface area contributed by atoms with E-state index in [0.29, 0.717) is 5.56 Å². The molecule has 0 spiro atoms. The van der Waals surface area contributed by atoms with Gasteiger partial charge in [-0.3, -0.25) is 9.98 Å². The molecule has 24 heavy (non-hydrogen) atoms. The Kier molecular flexibility index (Phi) is 5.59. The van der Waals surface area contributed by atoms with Gasteiger partial charge in [0.1, 0.15) is 0 Å². The number of nitrogens with two attached hydrogens (primary N) is 1. The van der Waals surface area contributed by atoms with Crippen molar-refractivity contribution in [1.29, 1.82) is 0 Å². The van der Waals surface area contributed by atoms with Crippen molar-refractivity contribution in [2.24, 2.45) is 10.7 Å². The number of pyridine rings is 1. The zero-order chi connectivity index (χ0) is 17.6. The average Bonchev–Trinajstić information content (AvgIpc) is 2.54. The number of nitrogens with zero attached hydrogens (tertiary/aromatic N) is 2. The number of guanidine groups is 1. The summed E-state index contributed by atoms with van der Waals surface area (Å²) in [5.74, 6) is -0.584. The van der Waals surface area contributed by atoms with Gasteiger partial charge in [-0.15, -0.1) is 13.2 Å². The van der Waals surface area contributed by atoms with Crippen LogP contribution in [0.15, 0.2) is 53.8 Å². The molecule has 2 rings (SSSR count). The van der Waals surface area contributed by atoms with Crippen LogP contribution in [0.5, 0.6) is 5.75 Å². The van der Waals surface area contributed by atoms with Crippen molar-refractivity contribution in [3.8, 4) is 5.75 Å². The summed E-state index contributed by atoms with van der Waals surface area (Å²) in [7, 11) is 0. The van der Waals surface area contributed by atoms with E-state index in [1.54, 1.807) is 12.1 Å². The fraction of sp³-hybridized carbons (Fsp3) is 0.200. The molecule has 1 atom stereocenters. The number of ether oxygens (including phenoxy) is 1. The molecule has 1 aromatic carbocycles. The highest BCUT2D eigenvalue weighted by Crippen LogP contribution is 2.29. The largest absolute Gasteiger partial charge is 0.573 e. The van der Waals surface area contributed by atoms with E-state index in [-0.39, 0.29) is 18.2 Å². The molecule has 0 fully saturated rings. The molecule has 0 radical (unpaired) electrons. The van der Waals surface area contributed by atoms with Crippen LogP contribution in [0.3, 0.4) is 0 Å². The summed E-state index contributed by atoms with van der Waals surface area (Å²) < 4.78 is 41.0. The minimum Gasteiger partial charge on any atom is -0.404 e. The summed E-state index contributed by atoms with van der Waals surface area (Å²) in [5.41, 5.74) is 6.25. The lowest BCUT2D eigenvalue weighted by Crippen LogP contribution is -2.25. The van der Waals surface area contributed by atoms with E-state index >= 15 is 0 Å². The maximum Gasteiger partial charge on any atom is 0.573 e. The van der Waals surface area contributed by atoms with E-state index < -0.39 is 18.2 Å².